The zero-order chi connectivity index (χ0) is 16.2. The van der Waals surface area contributed by atoms with Crippen LogP contribution in [-0.4, -0.2) is 50.7 Å². The van der Waals surface area contributed by atoms with Gasteiger partial charge in [0, 0.05) is 27.2 Å². The molecule has 1 amide bonds. The minimum absolute atomic E-state index is 0.169. The fourth-order valence-corrected chi connectivity index (χ4v) is 3.52. The van der Waals surface area contributed by atoms with Crippen molar-refractivity contribution in [2.75, 3.05) is 27.2 Å². The third kappa shape index (κ3) is 4.03. The molecule has 0 aliphatic rings. The van der Waals surface area contributed by atoms with E-state index in [4.69, 9.17) is 5.73 Å². The van der Waals surface area contributed by atoms with Gasteiger partial charge in [-0.2, -0.15) is 4.31 Å². The summed E-state index contributed by atoms with van der Waals surface area (Å²) in [5.74, 6) is -0.256. The summed E-state index contributed by atoms with van der Waals surface area (Å²) in [6.45, 7) is 3.77. The highest BCUT2D eigenvalue weighted by Crippen LogP contribution is 2.21. The largest absolute Gasteiger partial charge is 0.348 e. The monoisotopic (exact) mass is 313 g/mol. The molecule has 0 spiro atoms. The first-order valence-electron chi connectivity index (χ1n) is 6.74. The molecule has 0 saturated heterocycles. The minimum atomic E-state index is -3.71. The molecule has 0 heterocycles. The molecule has 118 valence electrons. The van der Waals surface area contributed by atoms with Gasteiger partial charge in [0.05, 0.1) is 11.4 Å². The van der Waals surface area contributed by atoms with Crippen molar-refractivity contribution in [3.63, 3.8) is 0 Å². The Balaban J connectivity index is 3.21. The molecule has 0 aromatic heterocycles. The fraction of sp³-hybridized carbons (Fsp3) is 0.500. The zero-order valence-corrected chi connectivity index (χ0v) is 13.8. The smallest absolute Gasteiger partial charge is 0.243 e. The number of hydrogen-bond donors (Lipinski definition) is 1. The highest BCUT2D eigenvalue weighted by Gasteiger charge is 2.27. The second-order valence-corrected chi connectivity index (χ2v) is 6.93. The van der Waals surface area contributed by atoms with Crippen molar-refractivity contribution in [1.29, 1.82) is 0 Å². The second-order valence-electron chi connectivity index (χ2n) is 5.02. The Kier molecular flexibility index (Phi) is 5.88. The number of carbonyl (C=O) groups is 1. The van der Waals surface area contributed by atoms with E-state index in [1.807, 2.05) is 0 Å². The van der Waals surface area contributed by atoms with Crippen molar-refractivity contribution in [2.24, 2.45) is 5.73 Å². The molecular formula is C14H23N3O3S. The number of nitrogens with two attached hydrogens (primary N) is 1. The van der Waals surface area contributed by atoms with Crippen LogP contribution in [0.5, 0.6) is 0 Å². The van der Waals surface area contributed by atoms with E-state index in [0.717, 1.165) is 5.56 Å². The van der Waals surface area contributed by atoms with Crippen LogP contribution in [-0.2, 0) is 21.4 Å². The summed E-state index contributed by atoms with van der Waals surface area (Å²) in [4.78, 5) is 13.4. The zero-order valence-electron chi connectivity index (χ0n) is 13.0. The molecule has 1 rings (SSSR count). The number of amides is 1. The molecule has 0 aliphatic heterocycles. The van der Waals surface area contributed by atoms with Gasteiger partial charge in [-0.3, -0.25) is 4.79 Å². The third-order valence-corrected chi connectivity index (χ3v) is 5.33. The number of carbonyl (C=O) groups excluding carboxylic acids is 1. The number of hydrogen-bond acceptors (Lipinski definition) is 4. The van der Waals surface area contributed by atoms with Crippen molar-refractivity contribution in [2.45, 2.75) is 25.3 Å². The van der Waals surface area contributed by atoms with Crippen LogP contribution in [0, 0.1) is 6.92 Å². The summed E-state index contributed by atoms with van der Waals surface area (Å²) >= 11 is 0. The summed E-state index contributed by atoms with van der Waals surface area (Å²) in [5, 5.41) is 0. The van der Waals surface area contributed by atoms with Crippen molar-refractivity contribution >= 4 is 15.9 Å². The molecule has 0 bridgehead atoms. The molecule has 0 aliphatic carbocycles. The lowest BCUT2D eigenvalue weighted by molar-refractivity contribution is -0.128. The molecule has 1 aromatic carbocycles. The molecule has 7 heteroatoms. The van der Waals surface area contributed by atoms with Gasteiger partial charge in [0.15, 0.2) is 0 Å². The van der Waals surface area contributed by atoms with Gasteiger partial charge in [0.1, 0.15) is 0 Å². The van der Waals surface area contributed by atoms with Crippen LogP contribution >= 0.6 is 0 Å². The molecule has 2 N–H and O–H groups in total. The summed E-state index contributed by atoms with van der Waals surface area (Å²) < 4.78 is 26.6. The van der Waals surface area contributed by atoms with Crippen molar-refractivity contribution in [3.05, 3.63) is 29.3 Å². The normalized spacial score (nSPS) is 11.7. The number of sulfonamides is 1. The number of aryl methyl sites for hydroxylation is 1. The number of nitrogens with zero attached hydrogens (tertiary/aromatic N) is 2. The summed E-state index contributed by atoms with van der Waals surface area (Å²) in [6.07, 6.45) is 0. The standard InChI is InChI=1S/C14H23N3O3S/c1-5-17(10-14(18)16(3)4)21(19,20)13-8-12(9-15)7-6-11(13)2/h6-8H,5,9-10,15H2,1-4H3. The van der Waals surface area contributed by atoms with Crippen LogP contribution in [0.3, 0.4) is 0 Å². The topological polar surface area (TPSA) is 83.7 Å². The Morgan fingerprint density at radius 2 is 1.90 bits per heavy atom. The molecule has 0 saturated carbocycles. The van der Waals surface area contributed by atoms with Gasteiger partial charge in [-0.15, -0.1) is 0 Å². The number of rotatable bonds is 6. The van der Waals surface area contributed by atoms with Crippen LogP contribution in [0.25, 0.3) is 0 Å². The van der Waals surface area contributed by atoms with Gasteiger partial charge >= 0.3 is 0 Å². The average molecular weight is 313 g/mol. The third-order valence-electron chi connectivity index (χ3n) is 3.27. The highest BCUT2D eigenvalue weighted by molar-refractivity contribution is 7.89. The predicted molar refractivity (Wildman–Crippen MR) is 82.2 cm³/mol. The lowest BCUT2D eigenvalue weighted by atomic mass is 10.1. The van der Waals surface area contributed by atoms with Crippen molar-refractivity contribution in [1.82, 2.24) is 9.21 Å². The first kappa shape index (κ1) is 17.6. The Morgan fingerprint density at radius 3 is 2.38 bits per heavy atom. The van der Waals surface area contributed by atoms with Crippen molar-refractivity contribution in [3.8, 4) is 0 Å². The van der Waals surface area contributed by atoms with Gasteiger partial charge in [0.2, 0.25) is 15.9 Å². The van der Waals surface area contributed by atoms with Crippen molar-refractivity contribution < 1.29 is 13.2 Å². The van der Waals surface area contributed by atoms with E-state index in [1.165, 1.54) is 9.21 Å². The Bertz CT molecular complexity index is 612. The Morgan fingerprint density at radius 1 is 1.29 bits per heavy atom. The number of benzene rings is 1. The molecule has 6 nitrogen and oxygen atoms in total. The van der Waals surface area contributed by atoms with Crippen LogP contribution in [0.15, 0.2) is 23.1 Å². The fourth-order valence-electron chi connectivity index (χ4n) is 1.85. The summed E-state index contributed by atoms with van der Waals surface area (Å²) in [7, 11) is -0.512. The lowest BCUT2D eigenvalue weighted by Gasteiger charge is -2.23. The van der Waals surface area contributed by atoms with E-state index in [1.54, 1.807) is 46.1 Å². The van der Waals surface area contributed by atoms with Gasteiger partial charge < -0.3 is 10.6 Å². The molecule has 0 atom stereocenters. The number of likely N-dealkylation sites (N-methyl/N-ethyl adjacent to an activating group) is 2. The van der Waals surface area contributed by atoms with Gasteiger partial charge in [0.25, 0.3) is 0 Å². The van der Waals surface area contributed by atoms with Gasteiger partial charge in [-0.1, -0.05) is 19.1 Å². The van der Waals surface area contributed by atoms with Gasteiger partial charge in [-0.25, -0.2) is 8.42 Å². The Labute approximate surface area is 126 Å². The average Bonchev–Trinajstić information content (AvgIpc) is 2.44. The van der Waals surface area contributed by atoms with Crippen LogP contribution in [0.2, 0.25) is 0 Å². The molecule has 1 aromatic rings. The van der Waals surface area contributed by atoms with E-state index in [0.29, 0.717) is 5.56 Å². The maximum absolute atomic E-state index is 12.7. The van der Waals surface area contributed by atoms with E-state index < -0.39 is 10.0 Å². The lowest BCUT2D eigenvalue weighted by Crippen LogP contribution is -2.40. The van der Waals surface area contributed by atoms with Crippen LogP contribution in [0.4, 0.5) is 0 Å². The quantitative estimate of drug-likeness (QED) is 0.831. The molecule has 21 heavy (non-hydrogen) atoms. The van der Waals surface area contributed by atoms with E-state index in [-0.39, 0.29) is 30.4 Å². The molecule has 0 unspecified atom stereocenters. The summed E-state index contributed by atoms with van der Waals surface area (Å²) in [6, 6.07) is 5.11. The van der Waals surface area contributed by atoms with E-state index in [9.17, 15) is 13.2 Å². The van der Waals surface area contributed by atoms with E-state index >= 15 is 0 Å². The molecular weight excluding hydrogens is 290 g/mol. The second kappa shape index (κ2) is 7.02. The first-order valence-corrected chi connectivity index (χ1v) is 8.18. The van der Waals surface area contributed by atoms with E-state index in [2.05, 4.69) is 0 Å². The highest BCUT2D eigenvalue weighted by atomic mass is 32.2. The van der Waals surface area contributed by atoms with Gasteiger partial charge in [-0.05, 0) is 24.1 Å². The molecule has 0 radical (unpaired) electrons. The van der Waals surface area contributed by atoms with Crippen LogP contribution in [0.1, 0.15) is 18.1 Å². The minimum Gasteiger partial charge on any atom is -0.348 e. The maximum Gasteiger partial charge on any atom is 0.243 e. The van der Waals surface area contributed by atoms with Crippen LogP contribution < -0.4 is 5.73 Å². The Hall–Kier alpha value is -1.44. The maximum atomic E-state index is 12.7. The SMILES string of the molecule is CCN(CC(=O)N(C)C)S(=O)(=O)c1cc(CN)ccc1C. The predicted octanol–water partition coefficient (Wildman–Crippen LogP) is 0.553. The first-order chi connectivity index (χ1) is 9.73. The molecule has 0 fully saturated rings. The summed E-state index contributed by atoms with van der Waals surface area (Å²) in [5.41, 5.74) is 6.96.